The first-order valence-electron chi connectivity index (χ1n) is 38.9. The molecule has 1 amide bonds. The minimum Gasteiger partial charge on any atom is -0.394 e. The van der Waals surface area contributed by atoms with Crippen LogP contribution < -0.4 is 5.32 Å². The largest absolute Gasteiger partial charge is 0.394 e. The smallest absolute Gasteiger partial charge is 0.249 e. The van der Waals surface area contributed by atoms with E-state index >= 15 is 0 Å². The van der Waals surface area contributed by atoms with Crippen LogP contribution in [-0.4, -0.2) is 110 Å². The van der Waals surface area contributed by atoms with Crippen LogP contribution >= 0.6 is 0 Å². The number of aliphatic hydroxyl groups is 7. The third-order valence-corrected chi connectivity index (χ3v) is 18.9. The predicted molar refractivity (Wildman–Crippen MR) is 376 cm³/mol. The molecule has 1 aliphatic heterocycles. The van der Waals surface area contributed by atoms with Gasteiger partial charge in [0.25, 0.3) is 0 Å². The van der Waals surface area contributed by atoms with E-state index in [-0.39, 0.29) is 12.8 Å². The number of hydrogen-bond donors (Lipinski definition) is 8. The molecule has 0 bridgehead atoms. The highest BCUT2D eigenvalue weighted by molar-refractivity contribution is 5.80. The number of carbonyl (C=O) groups excluding carboxylic acids is 1. The number of aliphatic hydroxyl groups excluding tert-OH is 7. The Morgan fingerprint density at radius 1 is 0.393 bits per heavy atom. The number of rotatable bonds is 69. The molecule has 1 fully saturated rings. The molecule has 0 aromatic carbocycles. The second-order valence-electron chi connectivity index (χ2n) is 27.4. The standard InChI is InChI=1S/C78H149NO10/c1-3-5-7-9-11-13-15-17-19-21-23-25-27-29-30-31-32-33-34-35-36-37-38-39-40-41-42-44-46-48-50-52-54-56-58-60-62-64-66-71(82)77(87)79-69(68-88-78-76(86)75(85)74(84)72(67-80)89-78)73(83)70(81)65-63-61-59-57-55-53-51-49-47-45-43-28-26-24-22-20-18-16-14-12-10-8-6-4-2/h32-33,35-36,57,59,69-76,78,80-86H,3-31,34,37-56,58,60-68H2,1-2H3,(H,79,87)/b33-32-,36-35-,59-57+. The van der Waals surface area contributed by atoms with Gasteiger partial charge in [-0.2, -0.15) is 0 Å². The van der Waals surface area contributed by atoms with Crippen LogP contribution in [0.25, 0.3) is 0 Å². The van der Waals surface area contributed by atoms with Gasteiger partial charge in [0.2, 0.25) is 5.91 Å². The van der Waals surface area contributed by atoms with Gasteiger partial charge in [-0.15, -0.1) is 0 Å². The lowest BCUT2D eigenvalue weighted by Crippen LogP contribution is -2.60. The van der Waals surface area contributed by atoms with Crippen LogP contribution in [0, 0.1) is 0 Å². The number of carbonyl (C=O) groups is 1. The number of amides is 1. The summed E-state index contributed by atoms with van der Waals surface area (Å²) in [6.07, 6.45) is 75.5. The monoisotopic (exact) mass is 1260 g/mol. The first-order chi connectivity index (χ1) is 43.7. The van der Waals surface area contributed by atoms with E-state index in [1.165, 1.54) is 302 Å². The zero-order valence-corrected chi connectivity index (χ0v) is 58.4. The summed E-state index contributed by atoms with van der Waals surface area (Å²) >= 11 is 0. The minimum atomic E-state index is -1.67. The molecule has 1 aliphatic rings. The highest BCUT2D eigenvalue weighted by Gasteiger charge is 2.44. The van der Waals surface area contributed by atoms with Crippen LogP contribution in [-0.2, 0) is 14.3 Å². The van der Waals surface area contributed by atoms with Crippen LogP contribution in [0.1, 0.15) is 386 Å². The summed E-state index contributed by atoms with van der Waals surface area (Å²) in [5.74, 6) is -0.700. The van der Waals surface area contributed by atoms with E-state index < -0.39 is 74.2 Å². The molecule has 11 nitrogen and oxygen atoms in total. The Morgan fingerprint density at radius 3 is 1.03 bits per heavy atom. The Morgan fingerprint density at radius 2 is 0.697 bits per heavy atom. The van der Waals surface area contributed by atoms with Crippen LogP contribution in [0.3, 0.4) is 0 Å². The van der Waals surface area contributed by atoms with Crippen molar-refractivity contribution in [3.63, 3.8) is 0 Å². The molecule has 0 spiro atoms. The average molecular weight is 1260 g/mol. The molecule has 11 heteroatoms. The van der Waals surface area contributed by atoms with E-state index in [9.17, 15) is 40.5 Å². The first kappa shape index (κ1) is 85.3. The van der Waals surface area contributed by atoms with Gasteiger partial charge < -0.3 is 50.5 Å². The van der Waals surface area contributed by atoms with Gasteiger partial charge in [0.1, 0.15) is 36.6 Å². The van der Waals surface area contributed by atoms with Crippen LogP contribution in [0.2, 0.25) is 0 Å². The third kappa shape index (κ3) is 53.3. The zero-order valence-electron chi connectivity index (χ0n) is 58.4. The molecule has 0 aliphatic carbocycles. The molecule has 9 atom stereocenters. The van der Waals surface area contributed by atoms with Gasteiger partial charge >= 0.3 is 0 Å². The fourth-order valence-electron chi connectivity index (χ4n) is 12.7. The average Bonchev–Trinajstić information content (AvgIpc) is 3.68. The van der Waals surface area contributed by atoms with Crippen molar-refractivity contribution in [1.29, 1.82) is 0 Å². The maximum Gasteiger partial charge on any atom is 0.249 e. The lowest BCUT2D eigenvalue weighted by atomic mass is 9.98. The van der Waals surface area contributed by atoms with Crippen LogP contribution in [0.5, 0.6) is 0 Å². The fourth-order valence-corrected chi connectivity index (χ4v) is 12.7. The Bertz CT molecular complexity index is 1540. The van der Waals surface area contributed by atoms with Crippen LogP contribution in [0.4, 0.5) is 0 Å². The maximum atomic E-state index is 13.3. The highest BCUT2D eigenvalue weighted by Crippen LogP contribution is 2.24. The van der Waals surface area contributed by atoms with Crippen molar-refractivity contribution >= 4 is 5.91 Å². The fraction of sp³-hybridized carbons (Fsp3) is 0.910. The molecule has 9 unspecified atom stereocenters. The van der Waals surface area contributed by atoms with Crippen molar-refractivity contribution in [1.82, 2.24) is 5.32 Å². The van der Waals surface area contributed by atoms with Crippen molar-refractivity contribution in [3.8, 4) is 0 Å². The number of ether oxygens (including phenoxy) is 2. The van der Waals surface area contributed by atoms with Crippen molar-refractivity contribution in [2.24, 2.45) is 0 Å². The topological polar surface area (TPSA) is 189 Å². The Balaban J connectivity index is 2.14. The molecular weight excluding hydrogens is 1110 g/mol. The summed E-state index contributed by atoms with van der Waals surface area (Å²) in [7, 11) is 0. The summed E-state index contributed by atoms with van der Waals surface area (Å²) in [5.41, 5.74) is 0. The molecule has 1 rings (SSSR count). The van der Waals surface area contributed by atoms with E-state index in [1.807, 2.05) is 0 Å². The molecule has 526 valence electrons. The molecular formula is C78H149NO10. The molecule has 0 aromatic rings. The summed E-state index contributed by atoms with van der Waals surface area (Å²) in [5, 5.41) is 76.6. The minimum absolute atomic E-state index is 0.256. The number of allylic oxidation sites excluding steroid dienone is 6. The van der Waals surface area contributed by atoms with E-state index in [2.05, 4.69) is 55.6 Å². The molecule has 8 N–H and O–H groups in total. The molecule has 0 saturated carbocycles. The van der Waals surface area contributed by atoms with Gasteiger partial charge in [0.15, 0.2) is 6.29 Å². The quantitative estimate of drug-likeness (QED) is 0.0215. The lowest BCUT2D eigenvalue weighted by molar-refractivity contribution is -0.303. The summed E-state index contributed by atoms with van der Waals surface area (Å²) in [6, 6.07) is -1.19. The van der Waals surface area contributed by atoms with Crippen molar-refractivity contribution in [3.05, 3.63) is 36.5 Å². The summed E-state index contributed by atoms with van der Waals surface area (Å²) in [6.45, 7) is 3.51. The molecule has 1 heterocycles. The summed E-state index contributed by atoms with van der Waals surface area (Å²) in [4.78, 5) is 13.3. The molecule has 89 heavy (non-hydrogen) atoms. The zero-order chi connectivity index (χ0) is 64.6. The van der Waals surface area contributed by atoms with Gasteiger partial charge in [0, 0.05) is 0 Å². The van der Waals surface area contributed by atoms with Gasteiger partial charge in [-0.3, -0.25) is 4.79 Å². The Hall–Kier alpha value is -1.67. The van der Waals surface area contributed by atoms with Crippen LogP contribution in [0.15, 0.2) is 36.5 Å². The van der Waals surface area contributed by atoms with Crippen molar-refractivity contribution < 1.29 is 50.0 Å². The maximum absolute atomic E-state index is 13.3. The molecule has 0 radical (unpaired) electrons. The highest BCUT2D eigenvalue weighted by atomic mass is 16.7. The second-order valence-corrected chi connectivity index (χ2v) is 27.4. The van der Waals surface area contributed by atoms with Gasteiger partial charge in [0.05, 0.1) is 25.4 Å². The van der Waals surface area contributed by atoms with Gasteiger partial charge in [-0.05, 0) is 70.6 Å². The SMILES string of the molecule is CCCCCCCCCCCCCCCCC/C=C\C/C=C\CCCCCCCCCCCCCCCCCCC(O)C(=O)NC(COC1OC(CO)C(O)C(O)C1O)C(O)C(O)CCC/C=C/CCCCCCCCCCCCCCCCCCCCC. The van der Waals surface area contributed by atoms with Gasteiger partial charge in [-0.1, -0.05) is 352 Å². The third-order valence-electron chi connectivity index (χ3n) is 18.9. The van der Waals surface area contributed by atoms with Crippen molar-refractivity contribution in [2.75, 3.05) is 13.2 Å². The summed E-state index contributed by atoms with van der Waals surface area (Å²) < 4.78 is 11.2. The Labute approximate surface area is 549 Å². The van der Waals surface area contributed by atoms with E-state index in [1.54, 1.807) is 0 Å². The second kappa shape index (κ2) is 66.4. The molecule has 1 saturated heterocycles. The normalized spacial score (nSPS) is 18.7. The van der Waals surface area contributed by atoms with E-state index in [4.69, 9.17) is 9.47 Å². The first-order valence-corrected chi connectivity index (χ1v) is 38.9. The van der Waals surface area contributed by atoms with Crippen molar-refractivity contribution in [2.45, 2.75) is 441 Å². The number of nitrogens with one attached hydrogen (secondary N) is 1. The lowest BCUT2D eigenvalue weighted by Gasteiger charge is -2.40. The Kier molecular flexibility index (Phi) is 63.6. The van der Waals surface area contributed by atoms with E-state index in [0.717, 1.165) is 44.9 Å². The van der Waals surface area contributed by atoms with Gasteiger partial charge in [-0.25, -0.2) is 0 Å². The number of unbranched alkanes of at least 4 members (excludes halogenated alkanes) is 51. The predicted octanol–water partition coefficient (Wildman–Crippen LogP) is 19.7. The van der Waals surface area contributed by atoms with E-state index in [0.29, 0.717) is 12.8 Å². The molecule has 0 aromatic heterocycles. The number of hydrogen-bond acceptors (Lipinski definition) is 10.